The number of nitrogens with zero attached hydrogens (tertiary/aromatic N) is 2. The third-order valence-electron chi connectivity index (χ3n) is 4.55. The van der Waals surface area contributed by atoms with E-state index in [1.807, 2.05) is 0 Å². The number of carbonyl (C=O) groups is 1. The van der Waals surface area contributed by atoms with Gasteiger partial charge < -0.3 is 9.64 Å². The lowest BCUT2D eigenvalue weighted by molar-refractivity contribution is -0.117. The summed E-state index contributed by atoms with van der Waals surface area (Å²) in [5, 5.41) is 0. The molecule has 4 rings (SSSR count). The first-order valence-corrected chi connectivity index (χ1v) is 9.76. The van der Waals surface area contributed by atoms with Gasteiger partial charge in [-0.2, -0.15) is 0 Å². The van der Waals surface area contributed by atoms with Crippen molar-refractivity contribution in [2.45, 2.75) is 17.7 Å². The fraction of sp³-hybridized carbons (Fsp3) is 0.278. The van der Waals surface area contributed by atoms with E-state index in [1.165, 1.54) is 24.3 Å². The van der Waals surface area contributed by atoms with Gasteiger partial charge in [-0.1, -0.05) is 0 Å². The number of hydrogen-bond donors (Lipinski definition) is 0. The van der Waals surface area contributed by atoms with Crippen LogP contribution < -0.4 is 13.9 Å². The summed E-state index contributed by atoms with van der Waals surface area (Å²) in [6, 6.07) is 10.0. The number of anilines is 2. The zero-order valence-electron chi connectivity index (χ0n) is 13.9. The second kappa shape index (κ2) is 6.28. The maximum atomic E-state index is 13.6. The van der Waals surface area contributed by atoms with Gasteiger partial charge in [-0.15, -0.1) is 0 Å². The highest BCUT2D eigenvalue weighted by molar-refractivity contribution is 7.92. The Morgan fingerprint density at radius 3 is 2.50 bits per heavy atom. The Bertz CT molecular complexity index is 960. The number of carbonyl (C=O) groups excluding carboxylic acids is 1. The van der Waals surface area contributed by atoms with E-state index < -0.39 is 15.8 Å². The minimum Gasteiger partial charge on any atom is -0.489 e. The van der Waals surface area contributed by atoms with Crippen molar-refractivity contribution in [3.05, 3.63) is 48.3 Å². The number of amides is 1. The molecule has 1 saturated heterocycles. The average molecular weight is 376 g/mol. The van der Waals surface area contributed by atoms with Crippen molar-refractivity contribution >= 4 is 27.3 Å². The molecule has 2 aromatic rings. The van der Waals surface area contributed by atoms with Gasteiger partial charge in [-0.05, 0) is 42.8 Å². The topological polar surface area (TPSA) is 66.9 Å². The minimum atomic E-state index is -3.86. The van der Waals surface area contributed by atoms with Gasteiger partial charge in [0.15, 0.2) is 0 Å². The lowest BCUT2D eigenvalue weighted by Crippen LogP contribution is -2.38. The van der Waals surface area contributed by atoms with Gasteiger partial charge in [-0.25, -0.2) is 12.8 Å². The van der Waals surface area contributed by atoms with Gasteiger partial charge in [0.2, 0.25) is 5.91 Å². The van der Waals surface area contributed by atoms with Crippen LogP contribution in [0.2, 0.25) is 0 Å². The predicted molar refractivity (Wildman–Crippen MR) is 94.5 cm³/mol. The van der Waals surface area contributed by atoms with Crippen LogP contribution in [0.5, 0.6) is 5.75 Å². The molecule has 8 heteroatoms. The Balaban J connectivity index is 1.68. The third-order valence-corrected chi connectivity index (χ3v) is 6.38. The predicted octanol–water partition coefficient (Wildman–Crippen LogP) is 2.54. The average Bonchev–Trinajstić information content (AvgIpc) is 3.07. The molecule has 0 bridgehead atoms. The molecule has 0 N–H and O–H groups in total. The summed E-state index contributed by atoms with van der Waals surface area (Å²) >= 11 is 0. The highest BCUT2D eigenvalue weighted by Gasteiger charge is 2.31. The first-order chi connectivity index (χ1) is 12.5. The third kappa shape index (κ3) is 2.80. The number of sulfonamides is 1. The second-order valence-corrected chi connectivity index (χ2v) is 8.04. The van der Waals surface area contributed by atoms with E-state index in [0.29, 0.717) is 24.4 Å². The number of halogens is 1. The van der Waals surface area contributed by atoms with E-state index >= 15 is 0 Å². The number of hydrogen-bond acceptors (Lipinski definition) is 4. The molecule has 2 aliphatic rings. The van der Waals surface area contributed by atoms with Gasteiger partial charge in [-0.3, -0.25) is 9.10 Å². The van der Waals surface area contributed by atoms with Crippen LogP contribution in [0.3, 0.4) is 0 Å². The van der Waals surface area contributed by atoms with Crippen LogP contribution in [0.4, 0.5) is 15.8 Å². The van der Waals surface area contributed by atoms with E-state index in [4.69, 9.17) is 4.74 Å². The zero-order chi connectivity index (χ0) is 18.3. The molecule has 136 valence electrons. The summed E-state index contributed by atoms with van der Waals surface area (Å²) in [5.41, 5.74) is 0.870. The summed E-state index contributed by atoms with van der Waals surface area (Å²) in [6.07, 6.45) is 1.31. The van der Waals surface area contributed by atoms with Crippen LogP contribution >= 0.6 is 0 Å². The minimum absolute atomic E-state index is 0.0400. The van der Waals surface area contributed by atoms with Crippen molar-refractivity contribution in [3.63, 3.8) is 0 Å². The van der Waals surface area contributed by atoms with E-state index in [1.54, 1.807) is 17.0 Å². The quantitative estimate of drug-likeness (QED) is 0.826. The highest BCUT2D eigenvalue weighted by Crippen LogP contribution is 2.36. The molecule has 2 aliphatic heterocycles. The molecule has 1 fully saturated rings. The van der Waals surface area contributed by atoms with Gasteiger partial charge >= 0.3 is 0 Å². The van der Waals surface area contributed by atoms with Crippen LogP contribution in [0.15, 0.2) is 47.4 Å². The summed E-state index contributed by atoms with van der Waals surface area (Å²) in [7, 11) is -3.86. The van der Waals surface area contributed by atoms with Crippen LogP contribution in [0.25, 0.3) is 0 Å². The van der Waals surface area contributed by atoms with Crippen molar-refractivity contribution in [1.29, 1.82) is 0 Å². The molecule has 2 aromatic carbocycles. The number of rotatable bonds is 3. The van der Waals surface area contributed by atoms with Crippen LogP contribution in [0, 0.1) is 5.82 Å². The standard InChI is InChI=1S/C18H17FN2O4S/c19-13-3-8-17-16(12-13)21(10-11-25-17)26(23,24)15-6-4-14(5-7-15)20-9-1-2-18(20)22/h3-8,12H,1-2,9-11H2. The first kappa shape index (κ1) is 16.8. The Morgan fingerprint density at radius 2 is 1.81 bits per heavy atom. The first-order valence-electron chi connectivity index (χ1n) is 8.32. The molecule has 2 heterocycles. The zero-order valence-corrected chi connectivity index (χ0v) is 14.7. The fourth-order valence-electron chi connectivity index (χ4n) is 3.26. The normalized spacial score (nSPS) is 17.2. The van der Waals surface area contributed by atoms with Crippen LogP contribution in [0.1, 0.15) is 12.8 Å². The molecule has 1 amide bonds. The van der Waals surface area contributed by atoms with Gasteiger partial charge in [0.1, 0.15) is 18.2 Å². The molecule has 0 aromatic heterocycles. The largest absolute Gasteiger partial charge is 0.489 e. The monoisotopic (exact) mass is 376 g/mol. The van der Waals surface area contributed by atoms with Gasteiger partial charge in [0.05, 0.1) is 17.1 Å². The molecule has 0 atom stereocenters. The number of fused-ring (bicyclic) bond motifs is 1. The molecule has 26 heavy (non-hydrogen) atoms. The van der Waals surface area contributed by atoms with E-state index in [0.717, 1.165) is 16.8 Å². The van der Waals surface area contributed by atoms with Crippen LogP contribution in [-0.4, -0.2) is 34.0 Å². The molecule has 0 aliphatic carbocycles. The smallest absolute Gasteiger partial charge is 0.264 e. The van der Waals surface area contributed by atoms with Crippen molar-refractivity contribution < 1.29 is 22.3 Å². The highest BCUT2D eigenvalue weighted by atomic mass is 32.2. The van der Waals surface area contributed by atoms with Crippen molar-refractivity contribution in [2.75, 3.05) is 28.9 Å². The van der Waals surface area contributed by atoms with Gasteiger partial charge in [0.25, 0.3) is 10.0 Å². The lowest BCUT2D eigenvalue weighted by atomic mass is 10.2. The Kier molecular flexibility index (Phi) is 4.07. The summed E-state index contributed by atoms with van der Waals surface area (Å²) < 4.78 is 46.2. The Labute approximate surface area is 150 Å². The number of ether oxygens (including phenoxy) is 1. The summed E-state index contributed by atoms with van der Waals surface area (Å²) in [5.74, 6) is -0.156. The molecule has 6 nitrogen and oxygen atoms in total. The SMILES string of the molecule is O=C1CCCN1c1ccc(S(=O)(=O)N2CCOc3ccc(F)cc32)cc1. The molecular weight excluding hydrogens is 359 g/mol. The van der Waals surface area contributed by atoms with Crippen LogP contribution in [-0.2, 0) is 14.8 Å². The lowest BCUT2D eigenvalue weighted by Gasteiger charge is -2.30. The molecular formula is C18H17FN2O4S. The molecule has 0 unspecified atom stereocenters. The Hall–Kier alpha value is -2.61. The molecule has 0 saturated carbocycles. The van der Waals surface area contributed by atoms with Crippen molar-refractivity contribution in [3.8, 4) is 5.75 Å². The van der Waals surface area contributed by atoms with E-state index in [9.17, 15) is 17.6 Å². The molecule has 0 radical (unpaired) electrons. The summed E-state index contributed by atoms with van der Waals surface area (Å²) in [6.45, 7) is 0.935. The van der Waals surface area contributed by atoms with Crippen molar-refractivity contribution in [2.24, 2.45) is 0 Å². The van der Waals surface area contributed by atoms with E-state index in [-0.39, 0.29) is 29.6 Å². The van der Waals surface area contributed by atoms with Crippen molar-refractivity contribution in [1.82, 2.24) is 0 Å². The maximum Gasteiger partial charge on any atom is 0.264 e. The second-order valence-electron chi connectivity index (χ2n) is 6.18. The fourth-order valence-corrected chi connectivity index (χ4v) is 4.71. The number of benzene rings is 2. The Morgan fingerprint density at radius 1 is 1.04 bits per heavy atom. The van der Waals surface area contributed by atoms with E-state index in [2.05, 4.69) is 0 Å². The summed E-state index contributed by atoms with van der Waals surface area (Å²) in [4.78, 5) is 13.6. The maximum absolute atomic E-state index is 13.6. The molecule has 0 spiro atoms. The van der Waals surface area contributed by atoms with Gasteiger partial charge in [0, 0.05) is 24.7 Å².